The summed E-state index contributed by atoms with van der Waals surface area (Å²) < 4.78 is 35.0. The summed E-state index contributed by atoms with van der Waals surface area (Å²) in [4.78, 5) is 3.61. The minimum absolute atomic E-state index is 0.0666. The summed E-state index contributed by atoms with van der Waals surface area (Å²) in [7, 11) is -3.68. The van der Waals surface area contributed by atoms with Gasteiger partial charge in [-0.2, -0.15) is 4.39 Å². The molecule has 0 amide bonds. The van der Waals surface area contributed by atoms with Crippen LogP contribution < -0.4 is 10.5 Å². The van der Waals surface area contributed by atoms with Gasteiger partial charge in [0.25, 0.3) is 0 Å². The number of sulfonamides is 1. The molecule has 0 fully saturated rings. The maximum Gasteiger partial charge on any atom is 0.238 e. The van der Waals surface area contributed by atoms with Crippen molar-refractivity contribution in [3.8, 4) is 0 Å². The third-order valence-corrected chi connectivity index (χ3v) is 3.75. The standard InChI is InChI=1S/C13H14FN3O2S/c1-9(17-11-4-7-13(14)16-8-11)10-2-5-12(6-3-10)20(15,18)19/h2-9,17H,1H3,(H2,15,18,19). The van der Waals surface area contributed by atoms with E-state index >= 15 is 0 Å². The predicted molar refractivity (Wildman–Crippen MR) is 74.0 cm³/mol. The molecule has 0 saturated carbocycles. The van der Waals surface area contributed by atoms with Gasteiger partial charge in [-0.3, -0.25) is 0 Å². The summed E-state index contributed by atoms with van der Waals surface area (Å²) in [5.74, 6) is -0.541. The molecule has 2 aromatic rings. The van der Waals surface area contributed by atoms with E-state index in [-0.39, 0.29) is 10.9 Å². The number of rotatable bonds is 4. The minimum atomic E-state index is -3.68. The van der Waals surface area contributed by atoms with Gasteiger partial charge in [0.05, 0.1) is 16.8 Å². The summed E-state index contributed by atoms with van der Waals surface area (Å²) in [5, 5.41) is 8.17. The number of nitrogens with two attached hydrogens (primary N) is 1. The van der Waals surface area contributed by atoms with E-state index in [1.54, 1.807) is 18.2 Å². The highest BCUT2D eigenvalue weighted by atomic mass is 32.2. The molecule has 0 aliphatic rings. The molecular formula is C13H14FN3O2S. The monoisotopic (exact) mass is 295 g/mol. The van der Waals surface area contributed by atoms with Crippen LogP contribution >= 0.6 is 0 Å². The van der Waals surface area contributed by atoms with Gasteiger partial charge in [0, 0.05) is 6.04 Å². The van der Waals surface area contributed by atoms with Crippen molar-refractivity contribution in [2.75, 3.05) is 5.32 Å². The molecule has 0 bridgehead atoms. The Labute approximate surface area is 116 Å². The lowest BCUT2D eigenvalue weighted by molar-refractivity contribution is 0.584. The van der Waals surface area contributed by atoms with Crippen molar-refractivity contribution in [2.45, 2.75) is 17.9 Å². The van der Waals surface area contributed by atoms with Crippen LogP contribution in [0.2, 0.25) is 0 Å². The molecule has 3 N–H and O–H groups in total. The number of aromatic nitrogens is 1. The van der Waals surface area contributed by atoms with E-state index in [0.29, 0.717) is 5.69 Å². The Morgan fingerprint density at radius 3 is 2.35 bits per heavy atom. The molecule has 7 heteroatoms. The second-order valence-electron chi connectivity index (χ2n) is 4.35. The van der Waals surface area contributed by atoms with Crippen LogP contribution in [0.15, 0.2) is 47.5 Å². The second kappa shape index (κ2) is 5.56. The van der Waals surface area contributed by atoms with Crippen molar-refractivity contribution < 1.29 is 12.8 Å². The lowest BCUT2D eigenvalue weighted by Crippen LogP contribution is -2.12. The zero-order valence-electron chi connectivity index (χ0n) is 10.7. The molecule has 0 spiro atoms. The first-order valence-corrected chi connectivity index (χ1v) is 7.42. The Hall–Kier alpha value is -1.99. The Kier molecular flexibility index (Phi) is 4.01. The molecule has 2 rings (SSSR count). The molecule has 1 unspecified atom stereocenters. The van der Waals surface area contributed by atoms with Gasteiger partial charge < -0.3 is 5.32 Å². The lowest BCUT2D eigenvalue weighted by atomic mass is 10.1. The van der Waals surface area contributed by atoms with Crippen LogP contribution in [0.5, 0.6) is 0 Å². The van der Waals surface area contributed by atoms with Crippen molar-refractivity contribution >= 4 is 15.7 Å². The zero-order chi connectivity index (χ0) is 14.8. The van der Waals surface area contributed by atoms with Gasteiger partial charge in [0.2, 0.25) is 16.0 Å². The molecule has 20 heavy (non-hydrogen) atoms. The molecule has 0 aliphatic heterocycles. The number of nitrogens with one attached hydrogen (secondary N) is 1. The van der Waals surface area contributed by atoms with Crippen LogP contribution in [-0.4, -0.2) is 13.4 Å². The SMILES string of the molecule is CC(Nc1ccc(F)nc1)c1ccc(S(N)(=O)=O)cc1. The van der Waals surface area contributed by atoms with E-state index in [9.17, 15) is 12.8 Å². The Balaban J connectivity index is 2.13. The molecule has 0 aliphatic carbocycles. The molecule has 0 radical (unpaired) electrons. The number of anilines is 1. The van der Waals surface area contributed by atoms with E-state index in [0.717, 1.165) is 5.56 Å². The van der Waals surface area contributed by atoms with E-state index in [1.807, 2.05) is 6.92 Å². The van der Waals surface area contributed by atoms with Crippen LogP contribution in [0.4, 0.5) is 10.1 Å². The highest BCUT2D eigenvalue weighted by Gasteiger charge is 2.10. The van der Waals surface area contributed by atoms with Crippen LogP contribution in [0, 0.1) is 5.95 Å². The summed E-state index contributed by atoms with van der Waals surface area (Å²) in [6.07, 6.45) is 1.39. The fraction of sp³-hybridized carbons (Fsp3) is 0.154. The number of pyridine rings is 1. The lowest BCUT2D eigenvalue weighted by Gasteiger charge is -2.15. The third kappa shape index (κ3) is 3.52. The fourth-order valence-corrected chi connectivity index (χ4v) is 2.26. The van der Waals surface area contributed by atoms with Crippen LogP contribution in [-0.2, 0) is 10.0 Å². The minimum Gasteiger partial charge on any atom is -0.377 e. The van der Waals surface area contributed by atoms with Gasteiger partial charge in [-0.15, -0.1) is 0 Å². The number of benzene rings is 1. The maximum atomic E-state index is 12.7. The fourth-order valence-electron chi connectivity index (χ4n) is 1.74. The largest absolute Gasteiger partial charge is 0.377 e. The molecule has 106 valence electrons. The first kappa shape index (κ1) is 14.4. The predicted octanol–water partition coefficient (Wildman–Crippen LogP) is 2.04. The van der Waals surface area contributed by atoms with E-state index in [1.165, 1.54) is 24.4 Å². The summed E-state index contributed by atoms with van der Waals surface area (Å²) in [6.45, 7) is 1.90. The van der Waals surface area contributed by atoms with Crippen LogP contribution in [0.1, 0.15) is 18.5 Å². The number of primary sulfonamides is 1. The Morgan fingerprint density at radius 2 is 1.85 bits per heavy atom. The number of hydrogen-bond acceptors (Lipinski definition) is 4. The number of hydrogen-bond donors (Lipinski definition) is 2. The maximum absolute atomic E-state index is 12.7. The molecule has 1 atom stereocenters. The average molecular weight is 295 g/mol. The molecule has 1 aromatic heterocycles. The zero-order valence-corrected chi connectivity index (χ0v) is 11.6. The average Bonchev–Trinajstić information content (AvgIpc) is 2.40. The van der Waals surface area contributed by atoms with Gasteiger partial charge in [-0.25, -0.2) is 18.5 Å². The summed E-state index contributed by atoms with van der Waals surface area (Å²) in [5.41, 5.74) is 1.55. The molecule has 1 aromatic carbocycles. The van der Waals surface area contributed by atoms with Crippen LogP contribution in [0.3, 0.4) is 0 Å². The van der Waals surface area contributed by atoms with E-state index in [2.05, 4.69) is 10.3 Å². The van der Waals surface area contributed by atoms with Gasteiger partial charge in [-0.05, 0) is 36.8 Å². The second-order valence-corrected chi connectivity index (χ2v) is 5.91. The summed E-state index contributed by atoms with van der Waals surface area (Å²) in [6, 6.07) is 9.01. The normalized spacial score (nSPS) is 12.9. The van der Waals surface area contributed by atoms with Gasteiger partial charge in [0.1, 0.15) is 0 Å². The smallest absolute Gasteiger partial charge is 0.238 e. The van der Waals surface area contributed by atoms with Crippen LogP contribution in [0.25, 0.3) is 0 Å². The van der Waals surface area contributed by atoms with E-state index < -0.39 is 16.0 Å². The van der Waals surface area contributed by atoms with Gasteiger partial charge in [0.15, 0.2) is 0 Å². The van der Waals surface area contributed by atoms with Crippen molar-refractivity contribution in [1.29, 1.82) is 0 Å². The van der Waals surface area contributed by atoms with Crippen molar-refractivity contribution in [1.82, 2.24) is 4.98 Å². The van der Waals surface area contributed by atoms with Crippen molar-refractivity contribution in [3.63, 3.8) is 0 Å². The summed E-state index contributed by atoms with van der Waals surface area (Å²) >= 11 is 0. The topological polar surface area (TPSA) is 85.1 Å². The first-order chi connectivity index (χ1) is 9.36. The van der Waals surface area contributed by atoms with Gasteiger partial charge >= 0.3 is 0 Å². The molecule has 5 nitrogen and oxygen atoms in total. The van der Waals surface area contributed by atoms with E-state index in [4.69, 9.17) is 5.14 Å². The highest BCUT2D eigenvalue weighted by molar-refractivity contribution is 7.89. The molecule has 1 heterocycles. The first-order valence-electron chi connectivity index (χ1n) is 5.87. The highest BCUT2D eigenvalue weighted by Crippen LogP contribution is 2.20. The molecular weight excluding hydrogens is 281 g/mol. The number of halogens is 1. The Bertz CT molecular complexity index is 685. The Morgan fingerprint density at radius 1 is 1.20 bits per heavy atom. The number of nitrogens with zero attached hydrogens (tertiary/aromatic N) is 1. The van der Waals surface area contributed by atoms with Gasteiger partial charge in [-0.1, -0.05) is 12.1 Å². The third-order valence-electron chi connectivity index (χ3n) is 2.82. The van der Waals surface area contributed by atoms with Crippen molar-refractivity contribution in [3.05, 3.63) is 54.1 Å². The van der Waals surface area contributed by atoms with Crippen molar-refractivity contribution in [2.24, 2.45) is 5.14 Å². The molecule has 0 saturated heterocycles. The quantitative estimate of drug-likeness (QED) is 0.845.